The molecule has 1 fully saturated rings. The standard InChI is InChI=1S/C23H23F7N10O2/c1-11-18(36-42-35-11)21(41)33-19(12-2-4-22(26,27)5-3-12)15-9-39-17(32-15)6-13(8-31-39)14(7-16(24)25)20-34-37-38-40(20)10-23(28,29)30/h6,8-9,12,14,16,19H,2-5,7,10H2,1H3,(H,33,41). The average Bonchev–Trinajstić information content (AvgIpc) is 3.64. The third kappa shape index (κ3) is 6.48. The number of rotatable bonds is 9. The van der Waals surface area contributed by atoms with E-state index in [1.54, 1.807) is 0 Å². The Morgan fingerprint density at radius 3 is 2.60 bits per heavy atom. The van der Waals surface area contributed by atoms with Gasteiger partial charge in [-0.05, 0) is 52.9 Å². The van der Waals surface area contributed by atoms with E-state index >= 15 is 0 Å². The second-order valence-corrected chi connectivity index (χ2v) is 10.1. The van der Waals surface area contributed by atoms with E-state index in [4.69, 9.17) is 0 Å². The average molecular weight is 604 g/mol. The fourth-order valence-electron chi connectivity index (χ4n) is 5.04. The molecule has 0 saturated heterocycles. The Kier molecular flexibility index (Phi) is 7.84. The van der Waals surface area contributed by atoms with Gasteiger partial charge >= 0.3 is 6.18 Å². The second kappa shape index (κ2) is 11.2. The van der Waals surface area contributed by atoms with E-state index in [2.05, 4.69) is 45.9 Å². The lowest BCUT2D eigenvalue weighted by Crippen LogP contribution is -2.37. The van der Waals surface area contributed by atoms with Crippen molar-refractivity contribution in [2.24, 2.45) is 5.92 Å². The van der Waals surface area contributed by atoms with Crippen LogP contribution in [0.4, 0.5) is 30.7 Å². The molecule has 42 heavy (non-hydrogen) atoms. The summed E-state index contributed by atoms with van der Waals surface area (Å²) in [6, 6.07) is 0.473. The number of nitrogens with one attached hydrogen (secondary N) is 1. The molecule has 4 aromatic heterocycles. The summed E-state index contributed by atoms with van der Waals surface area (Å²) in [5, 5.41) is 24.2. The largest absolute Gasteiger partial charge is 0.408 e. The third-order valence-electron chi connectivity index (χ3n) is 7.08. The van der Waals surface area contributed by atoms with E-state index in [-0.39, 0.29) is 41.1 Å². The summed E-state index contributed by atoms with van der Waals surface area (Å²) in [6.45, 7) is -0.0839. The zero-order valence-corrected chi connectivity index (χ0v) is 21.8. The summed E-state index contributed by atoms with van der Waals surface area (Å²) >= 11 is 0. The molecule has 19 heteroatoms. The number of carbonyl (C=O) groups excluding carboxylic acids is 1. The lowest BCUT2D eigenvalue weighted by molar-refractivity contribution is -0.143. The molecule has 1 saturated carbocycles. The number of carbonyl (C=O) groups is 1. The maximum absolute atomic E-state index is 13.9. The van der Waals surface area contributed by atoms with Gasteiger partial charge in [-0.3, -0.25) is 4.79 Å². The minimum Gasteiger partial charge on any atom is -0.342 e. The quantitative estimate of drug-likeness (QED) is 0.280. The number of hydrogen-bond donors (Lipinski definition) is 1. The van der Waals surface area contributed by atoms with Crippen LogP contribution in [-0.2, 0) is 6.54 Å². The second-order valence-electron chi connectivity index (χ2n) is 10.1. The fraction of sp³-hybridized carbons (Fsp3) is 0.565. The predicted molar refractivity (Wildman–Crippen MR) is 125 cm³/mol. The van der Waals surface area contributed by atoms with Crippen molar-refractivity contribution < 1.29 is 40.2 Å². The number of fused-ring (bicyclic) bond motifs is 1. The molecule has 5 rings (SSSR count). The van der Waals surface area contributed by atoms with Gasteiger partial charge in [0, 0.05) is 19.3 Å². The van der Waals surface area contributed by atoms with Gasteiger partial charge < -0.3 is 5.32 Å². The SMILES string of the molecule is Cc1nonc1C(=O)NC(c1cn2ncc(C(CC(F)F)c3nnnn3CC(F)(F)F)cc2n1)C1CCC(F)(F)CC1. The number of hydrogen-bond acceptors (Lipinski definition) is 9. The van der Waals surface area contributed by atoms with E-state index in [9.17, 15) is 35.5 Å². The van der Waals surface area contributed by atoms with Gasteiger partial charge in [-0.2, -0.15) is 18.3 Å². The third-order valence-corrected chi connectivity index (χ3v) is 7.08. The molecule has 12 nitrogen and oxygen atoms in total. The smallest absolute Gasteiger partial charge is 0.342 e. The van der Waals surface area contributed by atoms with Crippen molar-refractivity contribution in [3.05, 3.63) is 46.9 Å². The first kappa shape index (κ1) is 29.3. The van der Waals surface area contributed by atoms with Crippen molar-refractivity contribution in [2.45, 2.75) is 76.1 Å². The lowest BCUT2D eigenvalue weighted by Gasteiger charge is -2.33. The Labute approximate surface area is 231 Å². The molecule has 0 aromatic carbocycles. The maximum Gasteiger partial charge on any atom is 0.408 e. The van der Waals surface area contributed by atoms with Gasteiger partial charge in [0.25, 0.3) is 5.91 Å². The van der Waals surface area contributed by atoms with E-state index < -0.39 is 73.9 Å². The van der Waals surface area contributed by atoms with Crippen molar-refractivity contribution >= 4 is 11.6 Å². The molecule has 2 atom stereocenters. The Morgan fingerprint density at radius 2 is 1.95 bits per heavy atom. The summed E-state index contributed by atoms with van der Waals surface area (Å²) in [5.41, 5.74) is 0.527. The number of aryl methyl sites for hydroxylation is 1. The highest BCUT2D eigenvalue weighted by atomic mass is 19.4. The highest BCUT2D eigenvalue weighted by molar-refractivity contribution is 5.93. The normalized spacial score (nSPS) is 17.5. The summed E-state index contributed by atoms with van der Waals surface area (Å²) in [4.78, 5) is 17.4. The minimum absolute atomic E-state index is 0.0683. The zero-order valence-electron chi connectivity index (χ0n) is 21.8. The molecule has 4 aromatic rings. The van der Waals surface area contributed by atoms with Gasteiger partial charge in [-0.1, -0.05) is 5.16 Å². The molecular weight excluding hydrogens is 581 g/mol. The van der Waals surface area contributed by atoms with Crippen molar-refractivity contribution in [1.29, 1.82) is 0 Å². The number of tetrazole rings is 1. The van der Waals surface area contributed by atoms with Gasteiger partial charge in [0.15, 0.2) is 17.2 Å². The van der Waals surface area contributed by atoms with Crippen LogP contribution < -0.4 is 5.32 Å². The molecule has 1 aliphatic carbocycles. The van der Waals surface area contributed by atoms with Crippen LogP contribution >= 0.6 is 0 Å². The van der Waals surface area contributed by atoms with Crippen molar-refractivity contribution in [1.82, 2.24) is 50.4 Å². The van der Waals surface area contributed by atoms with E-state index in [1.807, 2.05) is 0 Å². The van der Waals surface area contributed by atoms with Crippen molar-refractivity contribution in [3.8, 4) is 0 Å². The highest BCUT2D eigenvalue weighted by Gasteiger charge is 2.40. The molecule has 0 spiro atoms. The van der Waals surface area contributed by atoms with Crippen LogP contribution in [0.2, 0.25) is 0 Å². The van der Waals surface area contributed by atoms with Crippen molar-refractivity contribution in [3.63, 3.8) is 0 Å². The van der Waals surface area contributed by atoms with Gasteiger partial charge in [-0.15, -0.1) is 5.10 Å². The molecule has 4 heterocycles. The van der Waals surface area contributed by atoms with Crippen molar-refractivity contribution in [2.75, 3.05) is 0 Å². The topological polar surface area (TPSA) is 142 Å². The highest BCUT2D eigenvalue weighted by Crippen LogP contribution is 2.41. The van der Waals surface area contributed by atoms with E-state index in [1.165, 1.54) is 29.9 Å². The van der Waals surface area contributed by atoms with Crippen LogP contribution in [-0.4, -0.2) is 69.6 Å². The fourth-order valence-corrected chi connectivity index (χ4v) is 5.04. The van der Waals surface area contributed by atoms with Crippen LogP contribution in [0.3, 0.4) is 0 Å². The molecule has 0 bridgehead atoms. The number of alkyl halides is 7. The zero-order chi connectivity index (χ0) is 30.2. The van der Waals surface area contributed by atoms with Gasteiger partial charge in [0.1, 0.15) is 12.2 Å². The summed E-state index contributed by atoms with van der Waals surface area (Å²) in [6.07, 6.45) is -6.56. The van der Waals surface area contributed by atoms with Gasteiger partial charge in [0.2, 0.25) is 12.3 Å². The summed E-state index contributed by atoms with van der Waals surface area (Å²) in [5.74, 6) is -5.75. The summed E-state index contributed by atoms with van der Waals surface area (Å²) < 4.78 is 100. The van der Waals surface area contributed by atoms with Crippen LogP contribution in [0.25, 0.3) is 5.65 Å². The number of amides is 1. The Hall–Kier alpha value is -4.19. The Balaban J connectivity index is 1.49. The monoisotopic (exact) mass is 604 g/mol. The van der Waals surface area contributed by atoms with E-state index in [0.717, 1.165) is 0 Å². The maximum atomic E-state index is 13.9. The first-order chi connectivity index (χ1) is 19.8. The molecule has 2 unspecified atom stereocenters. The number of halogens is 7. The van der Waals surface area contributed by atoms with Crippen LogP contribution in [0.1, 0.15) is 77.3 Å². The molecular formula is C23H23F7N10O2. The lowest BCUT2D eigenvalue weighted by atomic mass is 9.81. The first-order valence-electron chi connectivity index (χ1n) is 12.7. The van der Waals surface area contributed by atoms with Crippen LogP contribution in [0, 0.1) is 12.8 Å². The number of nitrogens with zero attached hydrogens (tertiary/aromatic N) is 9. The van der Waals surface area contributed by atoms with E-state index in [0.29, 0.717) is 4.68 Å². The van der Waals surface area contributed by atoms with Gasteiger partial charge in [0.05, 0.1) is 30.0 Å². The molecule has 0 aliphatic heterocycles. The molecule has 1 amide bonds. The Bertz CT molecular complexity index is 1540. The van der Waals surface area contributed by atoms with Gasteiger partial charge in [-0.25, -0.2) is 36.4 Å². The Morgan fingerprint density at radius 1 is 1.21 bits per heavy atom. The first-order valence-corrected chi connectivity index (χ1v) is 12.7. The minimum atomic E-state index is -4.71. The number of imidazole rings is 1. The molecule has 1 N–H and O–H groups in total. The summed E-state index contributed by atoms with van der Waals surface area (Å²) in [7, 11) is 0. The van der Waals surface area contributed by atoms with Crippen LogP contribution in [0.5, 0.6) is 0 Å². The molecule has 1 aliphatic rings. The molecule has 226 valence electrons. The predicted octanol–water partition coefficient (Wildman–Crippen LogP) is 4.05. The van der Waals surface area contributed by atoms with Crippen LogP contribution in [0.15, 0.2) is 23.1 Å². The molecule has 0 radical (unpaired) electrons. The number of aromatic nitrogens is 9.